The van der Waals surface area contributed by atoms with Crippen LogP contribution in [0, 0.1) is 5.41 Å². The van der Waals surface area contributed by atoms with Gasteiger partial charge in [-0.25, -0.2) is 4.98 Å². The average Bonchev–Trinajstić information content (AvgIpc) is 3.12. The Morgan fingerprint density at radius 2 is 2.12 bits per heavy atom. The summed E-state index contributed by atoms with van der Waals surface area (Å²) < 4.78 is 1.98. The lowest BCUT2D eigenvalue weighted by Gasteiger charge is -2.21. The van der Waals surface area contributed by atoms with Gasteiger partial charge in [-0.05, 0) is 17.9 Å². The SMILES string of the molecule is CC1(C)CNC(=O)c2nc(CCn3ncc4ccccc43)[nH]c2C1. The van der Waals surface area contributed by atoms with E-state index in [9.17, 15) is 4.79 Å². The highest BCUT2D eigenvalue weighted by atomic mass is 16.1. The molecular weight excluding hydrogens is 302 g/mol. The minimum absolute atomic E-state index is 0.0307. The van der Waals surface area contributed by atoms with Gasteiger partial charge in [0, 0.05) is 30.6 Å². The van der Waals surface area contributed by atoms with Crippen molar-refractivity contribution in [3.05, 3.63) is 47.7 Å². The van der Waals surface area contributed by atoms with Gasteiger partial charge in [0.05, 0.1) is 11.7 Å². The molecule has 0 saturated carbocycles. The summed E-state index contributed by atoms with van der Waals surface area (Å²) in [4.78, 5) is 20.1. The number of carbonyl (C=O) groups excluding carboxylic acids is 1. The maximum absolute atomic E-state index is 12.2. The quantitative estimate of drug-likeness (QED) is 0.776. The van der Waals surface area contributed by atoms with Gasteiger partial charge in [0.2, 0.25) is 0 Å². The van der Waals surface area contributed by atoms with Crippen molar-refractivity contribution in [1.29, 1.82) is 0 Å². The summed E-state index contributed by atoms with van der Waals surface area (Å²) >= 11 is 0. The molecule has 4 rings (SSSR count). The third-order valence-electron chi connectivity index (χ3n) is 4.54. The number of imidazole rings is 1. The number of rotatable bonds is 3. The van der Waals surface area contributed by atoms with Crippen molar-refractivity contribution < 1.29 is 4.79 Å². The van der Waals surface area contributed by atoms with Crippen LogP contribution in [-0.2, 0) is 19.4 Å². The van der Waals surface area contributed by atoms with E-state index in [0.717, 1.165) is 35.4 Å². The smallest absolute Gasteiger partial charge is 0.271 e. The van der Waals surface area contributed by atoms with E-state index in [1.165, 1.54) is 0 Å². The van der Waals surface area contributed by atoms with E-state index in [0.29, 0.717) is 18.7 Å². The van der Waals surface area contributed by atoms with Crippen LogP contribution in [-0.4, -0.2) is 32.2 Å². The molecule has 2 N–H and O–H groups in total. The van der Waals surface area contributed by atoms with Crippen molar-refractivity contribution in [1.82, 2.24) is 25.1 Å². The normalized spacial score (nSPS) is 16.7. The fourth-order valence-electron chi connectivity index (χ4n) is 3.26. The van der Waals surface area contributed by atoms with Crippen molar-refractivity contribution >= 4 is 16.8 Å². The highest BCUT2D eigenvalue weighted by Gasteiger charge is 2.29. The summed E-state index contributed by atoms with van der Waals surface area (Å²) in [6.07, 6.45) is 3.41. The molecule has 6 heteroatoms. The predicted molar refractivity (Wildman–Crippen MR) is 91.8 cm³/mol. The van der Waals surface area contributed by atoms with Crippen LogP contribution in [0.25, 0.3) is 10.9 Å². The molecule has 0 saturated heterocycles. The molecule has 6 nitrogen and oxygen atoms in total. The third kappa shape index (κ3) is 2.68. The summed E-state index contributed by atoms with van der Waals surface area (Å²) in [6.45, 7) is 5.70. The molecule has 0 spiro atoms. The van der Waals surface area contributed by atoms with E-state index in [4.69, 9.17) is 0 Å². The van der Waals surface area contributed by atoms with Crippen LogP contribution >= 0.6 is 0 Å². The zero-order valence-corrected chi connectivity index (χ0v) is 14.0. The summed E-state index contributed by atoms with van der Waals surface area (Å²) in [6, 6.07) is 8.15. The number of H-pyrrole nitrogens is 1. The van der Waals surface area contributed by atoms with E-state index in [1.54, 1.807) is 0 Å². The van der Waals surface area contributed by atoms with E-state index in [1.807, 2.05) is 23.0 Å². The Morgan fingerprint density at radius 1 is 1.29 bits per heavy atom. The largest absolute Gasteiger partial charge is 0.350 e. The first-order valence-electron chi connectivity index (χ1n) is 8.28. The topological polar surface area (TPSA) is 75.6 Å². The second kappa shape index (κ2) is 5.47. The summed E-state index contributed by atoms with van der Waals surface area (Å²) in [7, 11) is 0. The Labute approximate surface area is 140 Å². The van der Waals surface area contributed by atoms with Crippen molar-refractivity contribution in [2.75, 3.05) is 6.54 Å². The molecule has 0 unspecified atom stereocenters. The van der Waals surface area contributed by atoms with Gasteiger partial charge in [-0.15, -0.1) is 0 Å². The van der Waals surface area contributed by atoms with Crippen LogP contribution in [0.4, 0.5) is 0 Å². The molecule has 0 fully saturated rings. The van der Waals surface area contributed by atoms with E-state index < -0.39 is 0 Å². The van der Waals surface area contributed by atoms with Crippen LogP contribution in [0.5, 0.6) is 0 Å². The Kier molecular flexibility index (Phi) is 3.40. The maximum atomic E-state index is 12.2. The molecule has 0 radical (unpaired) electrons. The van der Waals surface area contributed by atoms with Crippen molar-refractivity contribution in [2.45, 2.75) is 33.2 Å². The fraction of sp³-hybridized carbons (Fsp3) is 0.389. The number of hydrogen-bond donors (Lipinski definition) is 2. The van der Waals surface area contributed by atoms with Gasteiger partial charge in [0.15, 0.2) is 0 Å². The number of amides is 1. The number of fused-ring (bicyclic) bond motifs is 2. The number of nitrogens with one attached hydrogen (secondary N) is 2. The molecule has 1 amide bonds. The molecule has 24 heavy (non-hydrogen) atoms. The maximum Gasteiger partial charge on any atom is 0.271 e. The lowest BCUT2D eigenvalue weighted by Crippen LogP contribution is -2.32. The van der Waals surface area contributed by atoms with Gasteiger partial charge in [-0.1, -0.05) is 32.0 Å². The monoisotopic (exact) mass is 323 g/mol. The summed E-state index contributed by atoms with van der Waals surface area (Å²) in [5, 5.41) is 8.53. The molecule has 0 atom stereocenters. The Bertz CT molecular complexity index is 905. The zero-order valence-electron chi connectivity index (χ0n) is 14.0. The summed E-state index contributed by atoms with van der Waals surface area (Å²) in [5.41, 5.74) is 2.63. The van der Waals surface area contributed by atoms with E-state index in [2.05, 4.69) is 46.4 Å². The number of para-hydroxylation sites is 1. The van der Waals surface area contributed by atoms with Gasteiger partial charge < -0.3 is 10.3 Å². The third-order valence-corrected chi connectivity index (χ3v) is 4.54. The first-order valence-corrected chi connectivity index (χ1v) is 8.28. The van der Waals surface area contributed by atoms with Crippen LogP contribution in [0.2, 0.25) is 0 Å². The highest BCUT2D eigenvalue weighted by molar-refractivity contribution is 5.94. The molecule has 0 bridgehead atoms. The van der Waals surface area contributed by atoms with Crippen LogP contribution in [0.15, 0.2) is 30.5 Å². The molecule has 2 aromatic heterocycles. The molecule has 3 aromatic rings. The van der Waals surface area contributed by atoms with Gasteiger partial charge in [-0.2, -0.15) is 5.10 Å². The molecule has 0 aliphatic carbocycles. The average molecular weight is 323 g/mol. The molecule has 3 heterocycles. The molecule has 1 aromatic carbocycles. The first kappa shape index (κ1) is 14.9. The molecular formula is C18H21N5O. The van der Waals surface area contributed by atoms with Crippen LogP contribution < -0.4 is 5.32 Å². The zero-order chi connectivity index (χ0) is 16.7. The molecule has 1 aliphatic rings. The van der Waals surface area contributed by atoms with Gasteiger partial charge in [0.1, 0.15) is 11.5 Å². The number of nitrogens with zero attached hydrogens (tertiary/aromatic N) is 3. The second-order valence-electron chi connectivity index (χ2n) is 7.21. The number of carbonyl (C=O) groups is 1. The Morgan fingerprint density at radius 3 is 3.00 bits per heavy atom. The van der Waals surface area contributed by atoms with Crippen molar-refractivity contribution in [2.24, 2.45) is 5.41 Å². The molecule has 124 valence electrons. The van der Waals surface area contributed by atoms with Gasteiger partial charge >= 0.3 is 0 Å². The second-order valence-corrected chi connectivity index (χ2v) is 7.21. The number of aromatic amines is 1. The lowest BCUT2D eigenvalue weighted by atomic mass is 9.88. The van der Waals surface area contributed by atoms with Gasteiger partial charge in [0.25, 0.3) is 5.91 Å². The van der Waals surface area contributed by atoms with E-state index in [-0.39, 0.29) is 11.3 Å². The Balaban J connectivity index is 1.56. The minimum Gasteiger partial charge on any atom is -0.350 e. The standard InChI is InChI=1S/C18H21N5O/c1-18(2)9-13-16(17(24)19-11-18)22-15(21-13)7-8-23-14-6-4-3-5-12(14)10-20-23/h3-6,10H,7-9,11H2,1-2H3,(H,19,24)(H,21,22). The number of benzene rings is 1. The first-order chi connectivity index (χ1) is 11.5. The predicted octanol–water partition coefficient (Wildman–Crippen LogP) is 2.31. The van der Waals surface area contributed by atoms with Crippen molar-refractivity contribution in [3.8, 4) is 0 Å². The molecule has 1 aliphatic heterocycles. The number of aromatic nitrogens is 4. The van der Waals surface area contributed by atoms with Crippen molar-refractivity contribution in [3.63, 3.8) is 0 Å². The highest BCUT2D eigenvalue weighted by Crippen LogP contribution is 2.25. The van der Waals surface area contributed by atoms with Crippen LogP contribution in [0.1, 0.15) is 35.9 Å². The van der Waals surface area contributed by atoms with Gasteiger partial charge in [-0.3, -0.25) is 9.48 Å². The fourth-order valence-corrected chi connectivity index (χ4v) is 3.26. The lowest BCUT2D eigenvalue weighted by molar-refractivity contribution is 0.0940. The Hall–Kier alpha value is -2.63. The number of aryl methyl sites for hydroxylation is 2. The van der Waals surface area contributed by atoms with Crippen LogP contribution in [0.3, 0.4) is 0 Å². The minimum atomic E-state index is -0.0809. The number of hydrogen-bond acceptors (Lipinski definition) is 3. The van der Waals surface area contributed by atoms with E-state index >= 15 is 0 Å². The summed E-state index contributed by atoms with van der Waals surface area (Å²) in [5.74, 6) is 0.759.